The zero-order valence-corrected chi connectivity index (χ0v) is 17.6. The number of aryl methyl sites for hydroxylation is 1. The van der Waals surface area contributed by atoms with Gasteiger partial charge in [0.25, 0.3) is 5.91 Å². The molecule has 0 radical (unpaired) electrons. The zero-order valence-electron chi connectivity index (χ0n) is 16.7. The summed E-state index contributed by atoms with van der Waals surface area (Å²) in [5, 5.41) is 0.665. The minimum Gasteiger partial charge on any atom is -0.349 e. The van der Waals surface area contributed by atoms with Gasteiger partial charge in [-0.1, -0.05) is 36.4 Å². The van der Waals surface area contributed by atoms with Crippen LogP contribution in [0.3, 0.4) is 0 Å². The molecule has 1 aromatic heterocycles. The van der Waals surface area contributed by atoms with Crippen LogP contribution in [0.1, 0.15) is 31.1 Å². The van der Waals surface area contributed by atoms with E-state index in [1.54, 1.807) is 4.90 Å². The number of hydrogen-bond donors (Lipinski definition) is 0. The number of aromatic nitrogens is 1. The molecule has 1 aliphatic heterocycles. The first-order chi connectivity index (χ1) is 14.0. The van der Waals surface area contributed by atoms with Gasteiger partial charge < -0.3 is 4.57 Å². The van der Waals surface area contributed by atoms with Gasteiger partial charge in [-0.25, -0.2) is 4.99 Å². The Hall–Kier alpha value is -3.05. The molecule has 1 saturated heterocycles. The lowest BCUT2D eigenvalue weighted by atomic mass is 10.2. The second-order valence-corrected chi connectivity index (χ2v) is 8.24. The van der Waals surface area contributed by atoms with Crippen LogP contribution in [0.25, 0.3) is 6.08 Å². The van der Waals surface area contributed by atoms with Crippen molar-refractivity contribution in [3.8, 4) is 0 Å². The minimum atomic E-state index is -0.0502. The Balaban J connectivity index is 1.75. The van der Waals surface area contributed by atoms with Gasteiger partial charge >= 0.3 is 0 Å². The second kappa shape index (κ2) is 8.13. The molecule has 146 valence electrons. The van der Waals surface area contributed by atoms with E-state index in [1.165, 1.54) is 17.5 Å². The highest BCUT2D eigenvalue weighted by molar-refractivity contribution is 8.19. The molecule has 0 N–H and O–H groups in total. The number of thioether (sulfide) groups is 1. The maximum Gasteiger partial charge on any atom is 0.271 e. The number of amidine groups is 1. The number of anilines is 1. The third kappa shape index (κ3) is 4.05. The van der Waals surface area contributed by atoms with Crippen LogP contribution in [0, 0.1) is 6.92 Å². The molecule has 1 amide bonds. The van der Waals surface area contributed by atoms with E-state index in [0.717, 1.165) is 16.9 Å². The third-order valence-corrected chi connectivity index (χ3v) is 5.70. The molecular formula is C24H23N3OS. The number of para-hydroxylation sites is 2. The standard InChI is InChI=1S/C24H23N3OS/c1-17(2)26-16-19(14-18(26)3)15-22-23(28)27(21-12-8-5-9-13-21)24(29-22)25-20-10-6-4-7-11-20/h4-17H,1-3H3/b22-15+,25-24?. The topological polar surface area (TPSA) is 37.6 Å². The van der Waals surface area contributed by atoms with Gasteiger partial charge in [0.15, 0.2) is 5.17 Å². The molecule has 5 heteroatoms. The summed E-state index contributed by atoms with van der Waals surface area (Å²) in [5.74, 6) is -0.0502. The van der Waals surface area contributed by atoms with Crippen LogP contribution in [0.5, 0.6) is 0 Å². The Labute approximate surface area is 175 Å². The molecule has 4 rings (SSSR count). The zero-order chi connectivity index (χ0) is 20.4. The quantitative estimate of drug-likeness (QED) is 0.489. The number of amides is 1. The fraction of sp³-hybridized carbons (Fsp3) is 0.167. The van der Waals surface area contributed by atoms with Gasteiger partial charge in [0.2, 0.25) is 0 Å². The molecule has 2 aromatic carbocycles. The minimum absolute atomic E-state index is 0.0502. The van der Waals surface area contributed by atoms with E-state index in [2.05, 4.69) is 37.6 Å². The molecule has 0 aliphatic carbocycles. The number of carbonyl (C=O) groups excluding carboxylic acids is 1. The predicted octanol–water partition coefficient (Wildman–Crippen LogP) is 6.19. The van der Waals surface area contributed by atoms with Crippen LogP contribution in [0.4, 0.5) is 11.4 Å². The number of carbonyl (C=O) groups is 1. The number of hydrogen-bond acceptors (Lipinski definition) is 3. The average molecular weight is 402 g/mol. The third-order valence-electron chi connectivity index (χ3n) is 4.73. The molecule has 0 atom stereocenters. The first-order valence-electron chi connectivity index (χ1n) is 9.64. The Bertz CT molecular complexity index is 1080. The lowest BCUT2D eigenvalue weighted by Gasteiger charge is -2.15. The Kier molecular flexibility index (Phi) is 5.41. The normalized spacial score (nSPS) is 17.1. The van der Waals surface area contributed by atoms with E-state index >= 15 is 0 Å². The molecule has 1 fully saturated rings. The van der Waals surface area contributed by atoms with Crippen LogP contribution in [0.2, 0.25) is 0 Å². The van der Waals surface area contributed by atoms with Gasteiger partial charge in [-0.2, -0.15) is 0 Å². The molecule has 29 heavy (non-hydrogen) atoms. The SMILES string of the molecule is Cc1cc(/C=C2/SC(=Nc3ccccc3)N(c3ccccc3)C2=O)cn1C(C)C. The molecule has 2 heterocycles. The van der Waals surface area contributed by atoms with Crippen molar-refractivity contribution in [3.05, 3.63) is 89.1 Å². The van der Waals surface area contributed by atoms with Crippen molar-refractivity contribution in [1.82, 2.24) is 4.57 Å². The van der Waals surface area contributed by atoms with Crippen LogP contribution < -0.4 is 4.90 Å². The molecule has 0 saturated carbocycles. The van der Waals surface area contributed by atoms with E-state index in [-0.39, 0.29) is 5.91 Å². The van der Waals surface area contributed by atoms with Gasteiger partial charge in [0.05, 0.1) is 16.3 Å². The summed E-state index contributed by atoms with van der Waals surface area (Å²) >= 11 is 1.41. The smallest absolute Gasteiger partial charge is 0.271 e. The van der Waals surface area contributed by atoms with Gasteiger partial charge in [-0.05, 0) is 74.5 Å². The van der Waals surface area contributed by atoms with Crippen molar-refractivity contribution < 1.29 is 4.79 Å². The Morgan fingerprint density at radius 1 is 1.00 bits per heavy atom. The summed E-state index contributed by atoms with van der Waals surface area (Å²) in [5.41, 5.74) is 3.85. The highest BCUT2D eigenvalue weighted by atomic mass is 32.2. The molecular weight excluding hydrogens is 378 g/mol. The van der Waals surface area contributed by atoms with E-state index in [4.69, 9.17) is 4.99 Å². The molecule has 1 aliphatic rings. The van der Waals surface area contributed by atoms with Crippen molar-refractivity contribution >= 4 is 40.3 Å². The average Bonchev–Trinajstić information content (AvgIpc) is 3.23. The largest absolute Gasteiger partial charge is 0.349 e. The van der Waals surface area contributed by atoms with Crippen LogP contribution >= 0.6 is 11.8 Å². The van der Waals surface area contributed by atoms with Gasteiger partial charge in [-0.3, -0.25) is 9.69 Å². The number of rotatable bonds is 4. The summed E-state index contributed by atoms with van der Waals surface area (Å²) in [6, 6.07) is 21.9. The first-order valence-corrected chi connectivity index (χ1v) is 10.5. The van der Waals surface area contributed by atoms with E-state index in [0.29, 0.717) is 16.1 Å². The van der Waals surface area contributed by atoms with E-state index < -0.39 is 0 Å². The maximum atomic E-state index is 13.3. The van der Waals surface area contributed by atoms with Crippen molar-refractivity contribution in [3.63, 3.8) is 0 Å². The Morgan fingerprint density at radius 3 is 2.28 bits per heavy atom. The lowest BCUT2D eigenvalue weighted by Crippen LogP contribution is -2.28. The fourth-order valence-corrected chi connectivity index (χ4v) is 4.37. The van der Waals surface area contributed by atoms with Crippen molar-refractivity contribution in [2.24, 2.45) is 4.99 Å². The van der Waals surface area contributed by atoms with Crippen LogP contribution in [0.15, 0.2) is 82.8 Å². The first kappa shape index (κ1) is 19.3. The fourth-order valence-electron chi connectivity index (χ4n) is 3.37. The van der Waals surface area contributed by atoms with Crippen LogP contribution in [-0.2, 0) is 4.79 Å². The van der Waals surface area contributed by atoms with E-state index in [9.17, 15) is 4.79 Å². The molecule has 0 unspecified atom stereocenters. The predicted molar refractivity (Wildman–Crippen MR) is 123 cm³/mol. The van der Waals surface area contributed by atoms with Gasteiger partial charge in [-0.15, -0.1) is 0 Å². The van der Waals surface area contributed by atoms with Crippen molar-refractivity contribution in [1.29, 1.82) is 0 Å². The van der Waals surface area contributed by atoms with Crippen LogP contribution in [-0.4, -0.2) is 15.6 Å². The summed E-state index contributed by atoms with van der Waals surface area (Å²) in [6.07, 6.45) is 4.06. The maximum absolute atomic E-state index is 13.3. The molecule has 4 nitrogen and oxygen atoms in total. The summed E-state index contributed by atoms with van der Waals surface area (Å²) in [6.45, 7) is 6.40. The Morgan fingerprint density at radius 2 is 1.66 bits per heavy atom. The number of aliphatic imine (C=N–C) groups is 1. The van der Waals surface area contributed by atoms with E-state index in [1.807, 2.05) is 66.7 Å². The van der Waals surface area contributed by atoms with Gasteiger partial charge in [0.1, 0.15) is 0 Å². The van der Waals surface area contributed by atoms with Gasteiger partial charge in [0, 0.05) is 17.9 Å². The van der Waals surface area contributed by atoms with Crippen molar-refractivity contribution in [2.75, 3.05) is 4.90 Å². The molecule has 0 bridgehead atoms. The highest BCUT2D eigenvalue weighted by Crippen LogP contribution is 2.37. The lowest BCUT2D eigenvalue weighted by molar-refractivity contribution is -0.113. The monoisotopic (exact) mass is 401 g/mol. The molecule has 0 spiro atoms. The summed E-state index contributed by atoms with van der Waals surface area (Å²) in [7, 11) is 0. The second-order valence-electron chi connectivity index (χ2n) is 7.23. The number of nitrogens with zero attached hydrogens (tertiary/aromatic N) is 3. The molecule has 3 aromatic rings. The number of benzene rings is 2. The summed E-state index contributed by atoms with van der Waals surface area (Å²) < 4.78 is 2.21. The van der Waals surface area contributed by atoms with Crippen molar-refractivity contribution in [2.45, 2.75) is 26.8 Å². The summed E-state index contributed by atoms with van der Waals surface area (Å²) in [4.78, 5) is 20.4. The highest BCUT2D eigenvalue weighted by Gasteiger charge is 2.34.